The normalized spacial score (nSPS) is 14.2. The number of H-pyrrole nitrogens is 1. The molecule has 0 saturated carbocycles. The van der Waals surface area contributed by atoms with E-state index in [2.05, 4.69) is 20.9 Å². The van der Waals surface area contributed by atoms with Crippen LogP contribution in [0.1, 0.15) is 22.5 Å². The number of hydrogen-bond acceptors (Lipinski definition) is 3. The number of aryl methyl sites for hydroxylation is 1. The van der Waals surface area contributed by atoms with E-state index in [1.165, 1.54) is 0 Å². The predicted octanol–water partition coefficient (Wildman–Crippen LogP) is 3.86. The Labute approximate surface area is 183 Å². The van der Waals surface area contributed by atoms with E-state index >= 15 is 0 Å². The highest BCUT2D eigenvalue weighted by Crippen LogP contribution is 2.21. The van der Waals surface area contributed by atoms with Crippen molar-refractivity contribution >= 4 is 38.6 Å². The monoisotopic (exact) mass is 469 g/mol. The molecule has 1 aromatic heterocycles. The second-order valence-electron chi connectivity index (χ2n) is 7.44. The lowest BCUT2D eigenvalue weighted by Crippen LogP contribution is -2.50. The van der Waals surface area contributed by atoms with Crippen LogP contribution in [0.3, 0.4) is 0 Å². The van der Waals surface area contributed by atoms with Crippen LogP contribution in [0.15, 0.2) is 53.0 Å². The van der Waals surface area contributed by atoms with Crippen LogP contribution >= 0.6 is 15.9 Å². The molecule has 2 heterocycles. The Bertz CT molecular complexity index is 1050. The molecule has 0 aliphatic carbocycles. The van der Waals surface area contributed by atoms with E-state index in [0.29, 0.717) is 44.7 Å². The number of ether oxygens (including phenoxy) is 1. The van der Waals surface area contributed by atoms with Gasteiger partial charge in [-0.25, -0.2) is 0 Å². The number of hydrogen-bond donors (Lipinski definition) is 1. The number of methoxy groups -OCH3 is 1. The van der Waals surface area contributed by atoms with Gasteiger partial charge in [-0.05, 0) is 48.4 Å². The minimum Gasteiger partial charge on any atom is -0.497 e. The van der Waals surface area contributed by atoms with Gasteiger partial charge < -0.3 is 19.5 Å². The molecule has 4 rings (SSSR count). The number of aromatic amines is 1. The summed E-state index contributed by atoms with van der Waals surface area (Å²) in [4.78, 5) is 32.3. The number of benzene rings is 2. The first-order chi connectivity index (χ1) is 14.5. The van der Waals surface area contributed by atoms with Gasteiger partial charge >= 0.3 is 0 Å². The largest absolute Gasteiger partial charge is 0.497 e. The number of carbonyl (C=O) groups is 2. The zero-order chi connectivity index (χ0) is 21.1. The molecule has 0 bridgehead atoms. The number of piperazine rings is 1. The average molecular weight is 470 g/mol. The molecular formula is C23H24BrN3O3. The minimum atomic E-state index is -0.0207. The van der Waals surface area contributed by atoms with Crippen molar-refractivity contribution in [1.82, 2.24) is 14.8 Å². The number of nitrogens with one attached hydrogen (secondary N) is 1. The van der Waals surface area contributed by atoms with E-state index in [1.54, 1.807) is 7.11 Å². The Kier molecular flexibility index (Phi) is 6.08. The van der Waals surface area contributed by atoms with Gasteiger partial charge in [-0.1, -0.05) is 28.1 Å². The van der Waals surface area contributed by atoms with Crippen molar-refractivity contribution in [2.45, 2.75) is 12.8 Å². The smallest absolute Gasteiger partial charge is 0.270 e. The van der Waals surface area contributed by atoms with Crippen molar-refractivity contribution < 1.29 is 14.3 Å². The third kappa shape index (κ3) is 4.51. The fourth-order valence-electron chi connectivity index (χ4n) is 3.75. The number of aromatic nitrogens is 1. The molecule has 0 atom stereocenters. The summed E-state index contributed by atoms with van der Waals surface area (Å²) in [6, 6.07) is 15.6. The molecule has 1 aliphatic heterocycles. The molecule has 30 heavy (non-hydrogen) atoms. The van der Waals surface area contributed by atoms with E-state index in [-0.39, 0.29) is 11.8 Å². The van der Waals surface area contributed by atoms with Crippen LogP contribution in [0.2, 0.25) is 0 Å². The Morgan fingerprint density at radius 2 is 1.70 bits per heavy atom. The van der Waals surface area contributed by atoms with E-state index in [9.17, 15) is 9.59 Å². The summed E-state index contributed by atoms with van der Waals surface area (Å²) in [6.07, 6.45) is 1.17. The van der Waals surface area contributed by atoms with Crippen molar-refractivity contribution in [3.63, 3.8) is 0 Å². The van der Waals surface area contributed by atoms with Crippen LogP contribution in [-0.4, -0.2) is 59.9 Å². The molecule has 0 radical (unpaired) electrons. The highest BCUT2D eigenvalue weighted by Gasteiger charge is 2.25. The summed E-state index contributed by atoms with van der Waals surface area (Å²) in [5.74, 6) is 0.925. The topological polar surface area (TPSA) is 65.6 Å². The Morgan fingerprint density at radius 1 is 1.00 bits per heavy atom. The molecule has 2 aromatic carbocycles. The van der Waals surface area contributed by atoms with Gasteiger partial charge in [0.2, 0.25) is 5.91 Å². The Morgan fingerprint density at radius 3 is 2.40 bits per heavy atom. The molecule has 1 saturated heterocycles. The molecule has 1 fully saturated rings. The van der Waals surface area contributed by atoms with E-state index in [4.69, 9.17) is 4.74 Å². The van der Waals surface area contributed by atoms with Crippen molar-refractivity contribution in [2.24, 2.45) is 0 Å². The predicted molar refractivity (Wildman–Crippen MR) is 120 cm³/mol. The second kappa shape index (κ2) is 8.92. The molecule has 156 valence electrons. The van der Waals surface area contributed by atoms with Gasteiger partial charge in [0.05, 0.1) is 7.11 Å². The number of fused-ring (bicyclic) bond motifs is 1. The van der Waals surface area contributed by atoms with Gasteiger partial charge in [-0.15, -0.1) is 0 Å². The molecule has 6 nitrogen and oxygen atoms in total. The number of rotatable bonds is 5. The lowest BCUT2D eigenvalue weighted by molar-refractivity contribution is -0.132. The van der Waals surface area contributed by atoms with Gasteiger partial charge in [0, 0.05) is 48.0 Å². The molecule has 1 N–H and O–H groups in total. The van der Waals surface area contributed by atoms with Crippen LogP contribution in [0, 0.1) is 0 Å². The minimum absolute atomic E-state index is 0.0207. The molecular weight excluding hydrogens is 446 g/mol. The molecule has 3 aromatic rings. The highest BCUT2D eigenvalue weighted by atomic mass is 79.9. The van der Waals surface area contributed by atoms with Crippen LogP contribution in [-0.2, 0) is 11.2 Å². The first-order valence-electron chi connectivity index (χ1n) is 10.0. The molecule has 0 unspecified atom stereocenters. The molecule has 7 heteroatoms. The quantitative estimate of drug-likeness (QED) is 0.616. The van der Waals surface area contributed by atoms with Crippen LogP contribution < -0.4 is 4.74 Å². The van der Waals surface area contributed by atoms with Crippen LogP contribution in [0.25, 0.3) is 10.9 Å². The van der Waals surface area contributed by atoms with Crippen molar-refractivity contribution in [3.8, 4) is 5.75 Å². The van der Waals surface area contributed by atoms with E-state index < -0.39 is 0 Å². The third-order valence-electron chi connectivity index (χ3n) is 5.52. The number of carbonyl (C=O) groups excluding carboxylic acids is 2. The Hall–Kier alpha value is -2.80. The zero-order valence-corrected chi connectivity index (χ0v) is 18.4. The van der Waals surface area contributed by atoms with Gasteiger partial charge in [0.1, 0.15) is 11.4 Å². The number of halogens is 1. The van der Waals surface area contributed by atoms with Crippen molar-refractivity contribution in [2.75, 3.05) is 33.3 Å². The van der Waals surface area contributed by atoms with Gasteiger partial charge in [0.25, 0.3) is 5.91 Å². The standard InChI is InChI=1S/C23H24BrN3O3/c1-30-19-6-2-16(3-7-19)4-9-22(28)26-10-12-27(13-11-26)23(29)21-15-17-14-18(24)5-8-20(17)25-21/h2-3,5-8,14-15,25H,4,9-13H2,1H3. The third-order valence-corrected chi connectivity index (χ3v) is 6.01. The summed E-state index contributed by atoms with van der Waals surface area (Å²) < 4.78 is 6.14. The Balaban J connectivity index is 1.30. The van der Waals surface area contributed by atoms with Crippen molar-refractivity contribution in [3.05, 3.63) is 64.3 Å². The maximum absolute atomic E-state index is 12.9. The first kappa shape index (κ1) is 20.5. The number of nitrogens with zero attached hydrogens (tertiary/aromatic N) is 2. The van der Waals surface area contributed by atoms with Gasteiger partial charge in [-0.2, -0.15) is 0 Å². The van der Waals surface area contributed by atoms with E-state index in [1.807, 2.05) is 58.3 Å². The SMILES string of the molecule is COc1ccc(CCC(=O)N2CCN(C(=O)c3cc4cc(Br)ccc4[nH]3)CC2)cc1. The maximum atomic E-state index is 12.9. The van der Waals surface area contributed by atoms with Crippen LogP contribution in [0.4, 0.5) is 0 Å². The first-order valence-corrected chi connectivity index (χ1v) is 10.8. The summed E-state index contributed by atoms with van der Waals surface area (Å²) in [5, 5.41) is 1.00. The van der Waals surface area contributed by atoms with Gasteiger partial charge in [0.15, 0.2) is 0 Å². The molecule has 1 aliphatic rings. The summed E-state index contributed by atoms with van der Waals surface area (Å²) in [5.41, 5.74) is 2.64. The highest BCUT2D eigenvalue weighted by molar-refractivity contribution is 9.10. The summed E-state index contributed by atoms with van der Waals surface area (Å²) in [7, 11) is 1.64. The summed E-state index contributed by atoms with van der Waals surface area (Å²) >= 11 is 3.46. The second-order valence-corrected chi connectivity index (χ2v) is 8.35. The van der Waals surface area contributed by atoms with Crippen LogP contribution in [0.5, 0.6) is 5.75 Å². The fraction of sp³-hybridized carbons (Fsp3) is 0.304. The lowest BCUT2D eigenvalue weighted by Gasteiger charge is -2.34. The number of amides is 2. The average Bonchev–Trinajstić information content (AvgIpc) is 3.20. The van der Waals surface area contributed by atoms with Crippen molar-refractivity contribution in [1.29, 1.82) is 0 Å². The summed E-state index contributed by atoms with van der Waals surface area (Å²) in [6.45, 7) is 2.23. The lowest BCUT2D eigenvalue weighted by atomic mass is 10.1. The maximum Gasteiger partial charge on any atom is 0.270 e. The molecule has 2 amide bonds. The van der Waals surface area contributed by atoms with E-state index in [0.717, 1.165) is 26.7 Å². The fourth-order valence-corrected chi connectivity index (χ4v) is 4.13. The van der Waals surface area contributed by atoms with Gasteiger partial charge in [-0.3, -0.25) is 9.59 Å². The molecule has 0 spiro atoms. The zero-order valence-electron chi connectivity index (χ0n) is 16.9.